The second-order valence-electron chi connectivity index (χ2n) is 2.18. The molecular formula is C5H10O4. The van der Waals surface area contributed by atoms with E-state index in [1.54, 1.807) is 0 Å². The van der Waals surface area contributed by atoms with Crippen molar-refractivity contribution in [2.45, 2.75) is 12.4 Å². The molecule has 0 aromatic heterocycles. The van der Waals surface area contributed by atoms with Crippen LogP contribution < -0.4 is 0 Å². The Bertz CT molecular complexity index is 101. The van der Waals surface area contributed by atoms with Crippen LogP contribution in [0.4, 0.5) is 0 Å². The molecule has 1 saturated heterocycles. The van der Waals surface area contributed by atoms with Gasteiger partial charge in [0.25, 0.3) is 5.97 Å². The molecule has 54 valence electrons. The lowest BCUT2D eigenvalue weighted by molar-refractivity contribution is -0.337. The van der Waals surface area contributed by atoms with Crippen molar-refractivity contribution in [2.75, 3.05) is 13.2 Å². The standard InChI is InChI=1S/C5H10O4/c6-3-4-1-2-9-5(4,7)8/h4,6-8H,1-3H2. The number of hydrogen-bond donors (Lipinski definition) is 3. The van der Waals surface area contributed by atoms with Gasteiger partial charge in [0.1, 0.15) is 0 Å². The number of aliphatic hydroxyl groups is 3. The summed E-state index contributed by atoms with van der Waals surface area (Å²) in [5.41, 5.74) is 0. The van der Waals surface area contributed by atoms with E-state index >= 15 is 0 Å². The highest BCUT2D eigenvalue weighted by Gasteiger charge is 2.40. The van der Waals surface area contributed by atoms with Crippen molar-refractivity contribution >= 4 is 0 Å². The largest absolute Gasteiger partial charge is 0.396 e. The molecule has 1 aliphatic heterocycles. The van der Waals surface area contributed by atoms with Crippen molar-refractivity contribution in [3.63, 3.8) is 0 Å². The predicted octanol–water partition coefficient (Wildman–Crippen LogP) is -1.35. The summed E-state index contributed by atoms with van der Waals surface area (Å²) in [6, 6.07) is 0. The van der Waals surface area contributed by atoms with E-state index < -0.39 is 11.9 Å². The summed E-state index contributed by atoms with van der Waals surface area (Å²) in [6.45, 7) is 0.0607. The minimum absolute atomic E-state index is 0.243. The first-order valence-corrected chi connectivity index (χ1v) is 2.86. The first-order chi connectivity index (χ1) is 4.17. The molecule has 4 heteroatoms. The van der Waals surface area contributed by atoms with Gasteiger partial charge in [0.2, 0.25) is 0 Å². The summed E-state index contributed by atoms with van der Waals surface area (Å²) >= 11 is 0. The van der Waals surface area contributed by atoms with E-state index in [2.05, 4.69) is 4.74 Å². The van der Waals surface area contributed by atoms with Crippen molar-refractivity contribution in [3.05, 3.63) is 0 Å². The summed E-state index contributed by atoms with van der Waals surface area (Å²) in [7, 11) is 0. The maximum absolute atomic E-state index is 8.83. The van der Waals surface area contributed by atoms with E-state index in [1.807, 2.05) is 0 Å². The van der Waals surface area contributed by atoms with Gasteiger partial charge in [-0.2, -0.15) is 0 Å². The number of hydrogen-bond acceptors (Lipinski definition) is 4. The fraction of sp³-hybridized carbons (Fsp3) is 1.00. The molecule has 0 amide bonds. The highest BCUT2D eigenvalue weighted by Crippen LogP contribution is 2.26. The molecule has 0 radical (unpaired) electrons. The third kappa shape index (κ3) is 1.21. The molecule has 1 unspecified atom stereocenters. The minimum Gasteiger partial charge on any atom is -0.396 e. The zero-order valence-electron chi connectivity index (χ0n) is 4.95. The Hall–Kier alpha value is -0.160. The third-order valence-electron chi connectivity index (χ3n) is 1.53. The van der Waals surface area contributed by atoms with Crippen LogP contribution in [0.15, 0.2) is 0 Å². The summed E-state index contributed by atoms with van der Waals surface area (Å²) in [5.74, 6) is -2.63. The normalized spacial score (nSPS) is 33.0. The molecule has 0 aliphatic carbocycles. The van der Waals surface area contributed by atoms with Crippen LogP contribution in [-0.4, -0.2) is 34.5 Å². The fourth-order valence-corrected chi connectivity index (χ4v) is 0.867. The van der Waals surface area contributed by atoms with E-state index in [-0.39, 0.29) is 6.61 Å². The zero-order chi connectivity index (χ0) is 6.91. The molecule has 1 atom stereocenters. The molecule has 1 rings (SSSR count). The molecule has 0 bridgehead atoms. The maximum atomic E-state index is 8.83. The quantitative estimate of drug-likeness (QED) is 0.388. The van der Waals surface area contributed by atoms with Crippen molar-refractivity contribution in [3.8, 4) is 0 Å². The van der Waals surface area contributed by atoms with Crippen LogP contribution in [0.2, 0.25) is 0 Å². The summed E-state index contributed by atoms with van der Waals surface area (Å²) in [5, 5.41) is 26.2. The maximum Gasteiger partial charge on any atom is 0.283 e. The molecular weight excluding hydrogens is 124 g/mol. The molecule has 0 spiro atoms. The molecule has 3 N–H and O–H groups in total. The van der Waals surface area contributed by atoms with Gasteiger partial charge in [-0.05, 0) is 6.42 Å². The van der Waals surface area contributed by atoms with Crippen molar-refractivity contribution in [1.29, 1.82) is 0 Å². The predicted molar refractivity (Wildman–Crippen MR) is 28.3 cm³/mol. The van der Waals surface area contributed by atoms with E-state index in [0.29, 0.717) is 13.0 Å². The average Bonchev–Trinajstić information content (AvgIpc) is 2.08. The Balaban J connectivity index is 2.52. The molecule has 4 nitrogen and oxygen atoms in total. The van der Waals surface area contributed by atoms with Gasteiger partial charge in [-0.3, -0.25) is 0 Å². The van der Waals surface area contributed by atoms with Crippen LogP contribution in [0, 0.1) is 5.92 Å². The van der Waals surface area contributed by atoms with Crippen LogP contribution in [0.25, 0.3) is 0 Å². The van der Waals surface area contributed by atoms with E-state index in [9.17, 15) is 0 Å². The molecule has 0 aromatic carbocycles. The van der Waals surface area contributed by atoms with E-state index in [1.165, 1.54) is 0 Å². The van der Waals surface area contributed by atoms with Crippen molar-refractivity contribution < 1.29 is 20.1 Å². The fourth-order valence-electron chi connectivity index (χ4n) is 0.867. The topological polar surface area (TPSA) is 69.9 Å². The zero-order valence-corrected chi connectivity index (χ0v) is 4.95. The Morgan fingerprint density at radius 3 is 2.44 bits per heavy atom. The molecule has 0 aromatic rings. The SMILES string of the molecule is OCC1CCOC1(O)O. The monoisotopic (exact) mass is 134 g/mol. The Labute approximate surface area is 52.7 Å². The number of ether oxygens (including phenoxy) is 1. The van der Waals surface area contributed by atoms with Crippen LogP contribution in [0.5, 0.6) is 0 Å². The van der Waals surface area contributed by atoms with Gasteiger partial charge in [-0.15, -0.1) is 0 Å². The lowest BCUT2D eigenvalue weighted by Crippen LogP contribution is -2.36. The highest BCUT2D eigenvalue weighted by molar-refractivity contribution is 4.72. The van der Waals surface area contributed by atoms with Crippen LogP contribution in [-0.2, 0) is 4.74 Å². The van der Waals surface area contributed by atoms with Crippen LogP contribution in [0.3, 0.4) is 0 Å². The molecule has 9 heavy (non-hydrogen) atoms. The first kappa shape index (κ1) is 6.95. The van der Waals surface area contributed by atoms with Crippen LogP contribution in [0.1, 0.15) is 6.42 Å². The smallest absolute Gasteiger partial charge is 0.283 e. The van der Waals surface area contributed by atoms with Crippen molar-refractivity contribution in [2.24, 2.45) is 5.92 Å². The van der Waals surface area contributed by atoms with Gasteiger partial charge in [0, 0.05) is 0 Å². The second-order valence-corrected chi connectivity index (χ2v) is 2.18. The third-order valence-corrected chi connectivity index (χ3v) is 1.53. The van der Waals surface area contributed by atoms with Crippen molar-refractivity contribution in [1.82, 2.24) is 0 Å². The van der Waals surface area contributed by atoms with Crippen LogP contribution >= 0.6 is 0 Å². The Morgan fingerprint density at radius 2 is 2.22 bits per heavy atom. The summed E-state index contributed by atoms with van der Waals surface area (Å²) in [4.78, 5) is 0. The lowest BCUT2D eigenvalue weighted by atomic mass is 10.1. The Kier molecular flexibility index (Phi) is 1.72. The van der Waals surface area contributed by atoms with Gasteiger partial charge in [-0.1, -0.05) is 0 Å². The molecule has 0 saturated carbocycles. The highest BCUT2D eigenvalue weighted by atomic mass is 16.8. The lowest BCUT2D eigenvalue weighted by Gasteiger charge is -2.19. The minimum atomic E-state index is -2.09. The van der Waals surface area contributed by atoms with Gasteiger partial charge in [0.15, 0.2) is 0 Å². The van der Waals surface area contributed by atoms with E-state index in [0.717, 1.165) is 0 Å². The number of rotatable bonds is 1. The first-order valence-electron chi connectivity index (χ1n) is 2.86. The average molecular weight is 134 g/mol. The van der Waals surface area contributed by atoms with Gasteiger partial charge in [0.05, 0.1) is 19.1 Å². The molecule has 1 aliphatic rings. The molecule has 1 heterocycles. The summed E-state index contributed by atoms with van der Waals surface area (Å²) < 4.78 is 4.49. The van der Waals surface area contributed by atoms with Gasteiger partial charge >= 0.3 is 0 Å². The second kappa shape index (κ2) is 2.22. The van der Waals surface area contributed by atoms with E-state index in [4.69, 9.17) is 15.3 Å². The summed E-state index contributed by atoms with van der Waals surface area (Å²) in [6.07, 6.45) is 0.503. The van der Waals surface area contributed by atoms with Gasteiger partial charge < -0.3 is 20.1 Å². The molecule has 1 fully saturated rings. The Morgan fingerprint density at radius 1 is 1.56 bits per heavy atom. The van der Waals surface area contributed by atoms with Gasteiger partial charge in [-0.25, -0.2) is 0 Å². The number of aliphatic hydroxyl groups excluding tert-OH is 1.